The van der Waals surface area contributed by atoms with Crippen LogP contribution in [0, 0.1) is 5.92 Å². The van der Waals surface area contributed by atoms with Gasteiger partial charge in [0.2, 0.25) is 0 Å². The molecule has 162 valence electrons. The van der Waals surface area contributed by atoms with Gasteiger partial charge in [0.15, 0.2) is 14.1 Å². The Morgan fingerprint density at radius 1 is 1.21 bits per heavy atom. The lowest BCUT2D eigenvalue weighted by Crippen LogP contribution is -2.47. The van der Waals surface area contributed by atoms with E-state index in [0.29, 0.717) is 17.0 Å². The summed E-state index contributed by atoms with van der Waals surface area (Å²) in [6.07, 6.45) is -0.708. The smallest absolute Gasteiger partial charge is 0.443 e. The largest absolute Gasteiger partial charge is 0.480 e. The van der Waals surface area contributed by atoms with Gasteiger partial charge in [0.25, 0.3) is 0 Å². The highest BCUT2D eigenvalue weighted by atomic mass is 31.1. The zero-order valence-corrected chi connectivity index (χ0v) is 18.0. The number of carboxylic acid groups (broad SMARTS) is 1. The van der Waals surface area contributed by atoms with Crippen LogP contribution in [0.1, 0.15) is 38.2 Å². The first-order valence-corrected chi connectivity index (χ1v) is 11.0. The fourth-order valence-electron chi connectivity index (χ4n) is 2.72. The number of hydrogen-bond acceptors (Lipinski definition) is 7. The highest BCUT2D eigenvalue weighted by Gasteiger charge is 2.37. The second kappa shape index (κ2) is 12.2. The number of hydroxylamine groups is 2. The minimum absolute atomic E-state index is 0.123. The molecule has 0 fully saturated rings. The van der Waals surface area contributed by atoms with Gasteiger partial charge in [-0.15, -0.1) is 5.06 Å². The van der Waals surface area contributed by atoms with Crippen molar-refractivity contribution < 1.29 is 38.2 Å². The number of carbonyl (C=O) groups excluding carboxylic acids is 2. The lowest BCUT2D eigenvalue weighted by molar-refractivity contribution is -0.199. The van der Waals surface area contributed by atoms with Crippen molar-refractivity contribution >= 4 is 26.1 Å². The molecule has 0 aliphatic rings. The second-order valence-electron chi connectivity index (χ2n) is 6.46. The maximum atomic E-state index is 12.9. The van der Waals surface area contributed by atoms with E-state index >= 15 is 0 Å². The molecule has 4 atom stereocenters. The molecule has 0 aliphatic carbocycles. The Hall–Kier alpha value is -2.38. The van der Waals surface area contributed by atoms with Crippen LogP contribution in [0.5, 0.6) is 0 Å². The summed E-state index contributed by atoms with van der Waals surface area (Å²) < 4.78 is 20.6. The highest BCUT2D eigenvalue weighted by molar-refractivity contribution is 7.38. The fraction of sp³-hybridized carbons (Fsp3) is 0.526. The summed E-state index contributed by atoms with van der Waals surface area (Å²) in [6.45, 7) is 4.94. The van der Waals surface area contributed by atoms with E-state index in [1.807, 2.05) is 19.9 Å². The van der Waals surface area contributed by atoms with E-state index in [9.17, 15) is 24.1 Å². The standard InChI is InChI=1S/C19H28NO8P/c1-5-13(2)16(14-9-7-6-8-10-14)18(23)28-20(19(24)26-3)15(17(21)22)11-12-27-29(4)25/h6-10,13,15-16,29H,5,11-12H2,1-4H3,(H,21,22). The van der Waals surface area contributed by atoms with Crippen LogP contribution < -0.4 is 0 Å². The van der Waals surface area contributed by atoms with Crippen LogP contribution in [-0.4, -0.2) is 54.6 Å². The molecule has 4 unspecified atom stereocenters. The van der Waals surface area contributed by atoms with Gasteiger partial charge in [-0.1, -0.05) is 50.6 Å². The van der Waals surface area contributed by atoms with Crippen LogP contribution >= 0.6 is 8.03 Å². The van der Waals surface area contributed by atoms with Gasteiger partial charge in [-0.2, -0.15) is 0 Å². The Kier molecular flexibility index (Phi) is 10.4. The minimum atomic E-state index is -2.28. The molecule has 0 bridgehead atoms. The van der Waals surface area contributed by atoms with Gasteiger partial charge in [0, 0.05) is 13.1 Å². The van der Waals surface area contributed by atoms with E-state index in [0.717, 1.165) is 7.11 Å². The summed E-state index contributed by atoms with van der Waals surface area (Å²) in [6, 6.07) is 7.34. The molecule has 10 heteroatoms. The third kappa shape index (κ3) is 7.51. The molecule has 1 aromatic carbocycles. The molecule has 0 aliphatic heterocycles. The van der Waals surface area contributed by atoms with Gasteiger partial charge >= 0.3 is 18.0 Å². The van der Waals surface area contributed by atoms with E-state index in [-0.39, 0.29) is 18.9 Å². The Morgan fingerprint density at radius 2 is 1.83 bits per heavy atom. The number of carboxylic acids is 1. The van der Waals surface area contributed by atoms with Crippen molar-refractivity contribution in [1.82, 2.24) is 5.06 Å². The monoisotopic (exact) mass is 429 g/mol. The predicted octanol–water partition coefficient (Wildman–Crippen LogP) is 3.31. The van der Waals surface area contributed by atoms with E-state index in [1.165, 1.54) is 6.66 Å². The number of rotatable bonds is 10. The molecule has 0 saturated carbocycles. The molecular formula is C19H28NO8P. The highest BCUT2D eigenvalue weighted by Crippen LogP contribution is 2.29. The van der Waals surface area contributed by atoms with Crippen molar-refractivity contribution in [1.29, 1.82) is 0 Å². The number of hydrogen-bond donors (Lipinski definition) is 1. The molecule has 29 heavy (non-hydrogen) atoms. The first-order valence-electron chi connectivity index (χ1n) is 9.22. The number of methoxy groups -OCH3 is 1. The van der Waals surface area contributed by atoms with Crippen molar-refractivity contribution in [2.75, 3.05) is 20.4 Å². The first-order chi connectivity index (χ1) is 13.7. The second-order valence-corrected chi connectivity index (χ2v) is 7.73. The molecule has 1 rings (SSSR count). The van der Waals surface area contributed by atoms with Crippen molar-refractivity contribution in [3.05, 3.63) is 35.9 Å². The van der Waals surface area contributed by atoms with Crippen molar-refractivity contribution in [2.24, 2.45) is 5.92 Å². The van der Waals surface area contributed by atoms with E-state index < -0.39 is 38.0 Å². The summed E-state index contributed by atoms with van der Waals surface area (Å²) in [7, 11) is -1.23. The molecule has 0 heterocycles. The normalized spacial score (nSPS) is 14.9. The summed E-state index contributed by atoms with van der Waals surface area (Å²) in [5.74, 6) is -3.01. The Balaban J connectivity index is 3.12. The first kappa shape index (κ1) is 24.7. The van der Waals surface area contributed by atoms with Crippen LogP contribution in [0.25, 0.3) is 0 Å². The van der Waals surface area contributed by atoms with Gasteiger partial charge in [-0.05, 0) is 11.5 Å². The molecule has 1 aromatic rings. The number of amides is 1. The van der Waals surface area contributed by atoms with E-state index in [4.69, 9.17) is 9.36 Å². The summed E-state index contributed by atoms with van der Waals surface area (Å²) in [5.41, 5.74) is 0.691. The quantitative estimate of drug-likeness (QED) is 0.444. The number of nitrogens with zero attached hydrogens (tertiary/aromatic N) is 1. The van der Waals surface area contributed by atoms with Gasteiger partial charge in [-0.25, -0.2) is 14.4 Å². The summed E-state index contributed by atoms with van der Waals surface area (Å²) in [5, 5.41) is 9.91. The van der Waals surface area contributed by atoms with Gasteiger partial charge in [0.05, 0.1) is 19.6 Å². The molecule has 9 nitrogen and oxygen atoms in total. The van der Waals surface area contributed by atoms with Crippen molar-refractivity contribution in [3.63, 3.8) is 0 Å². The fourth-order valence-corrected chi connectivity index (χ4v) is 3.13. The van der Waals surface area contributed by atoms with Crippen LogP contribution in [0.4, 0.5) is 4.79 Å². The van der Waals surface area contributed by atoms with Gasteiger partial charge < -0.3 is 19.2 Å². The van der Waals surface area contributed by atoms with E-state index in [2.05, 4.69) is 4.74 Å². The number of benzene rings is 1. The molecule has 1 N–H and O–H groups in total. The van der Waals surface area contributed by atoms with Crippen molar-refractivity contribution in [3.8, 4) is 0 Å². The van der Waals surface area contributed by atoms with Crippen LogP contribution in [0.2, 0.25) is 0 Å². The maximum Gasteiger partial charge on any atom is 0.443 e. The Morgan fingerprint density at radius 3 is 2.31 bits per heavy atom. The number of carbonyl (C=O) groups is 3. The molecule has 0 aromatic heterocycles. The number of aliphatic carboxylic acids is 1. The average molecular weight is 429 g/mol. The van der Waals surface area contributed by atoms with Crippen LogP contribution in [0.15, 0.2) is 30.3 Å². The average Bonchev–Trinajstić information content (AvgIpc) is 2.69. The minimum Gasteiger partial charge on any atom is -0.480 e. The maximum absolute atomic E-state index is 12.9. The van der Waals surface area contributed by atoms with E-state index in [1.54, 1.807) is 24.3 Å². The number of ether oxygens (including phenoxy) is 1. The van der Waals surface area contributed by atoms with Crippen LogP contribution in [-0.2, 0) is 28.3 Å². The molecule has 0 radical (unpaired) electrons. The topological polar surface area (TPSA) is 119 Å². The third-order valence-corrected chi connectivity index (χ3v) is 5.04. The molecular weight excluding hydrogens is 401 g/mol. The Bertz CT molecular complexity index is 711. The summed E-state index contributed by atoms with van der Waals surface area (Å²) in [4.78, 5) is 42.0. The molecule has 1 amide bonds. The zero-order chi connectivity index (χ0) is 22.0. The zero-order valence-electron chi connectivity index (χ0n) is 17.0. The predicted molar refractivity (Wildman–Crippen MR) is 106 cm³/mol. The van der Waals surface area contributed by atoms with Gasteiger partial charge in [0.1, 0.15) is 0 Å². The molecule has 0 spiro atoms. The summed E-state index contributed by atoms with van der Waals surface area (Å²) >= 11 is 0. The lowest BCUT2D eigenvalue weighted by atomic mass is 9.86. The Labute approximate surface area is 170 Å². The SMILES string of the molecule is CCC(C)C(C(=O)ON(C(=O)OC)C(CCO[PH](C)=O)C(=O)O)c1ccccc1. The molecule has 0 saturated heterocycles. The third-order valence-electron chi connectivity index (χ3n) is 4.43. The van der Waals surface area contributed by atoms with Crippen molar-refractivity contribution in [2.45, 2.75) is 38.6 Å². The van der Waals surface area contributed by atoms with Crippen LogP contribution in [0.3, 0.4) is 0 Å². The van der Waals surface area contributed by atoms with Gasteiger partial charge in [-0.3, -0.25) is 4.57 Å². The lowest BCUT2D eigenvalue weighted by Gasteiger charge is -2.29.